The summed E-state index contributed by atoms with van der Waals surface area (Å²) in [5.41, 5.74) is 5.17. The van der Waals surface area contributed by atoms with Crippen LogP contribution >= 0.6 is 7.75 Å². The van der Waals surface area contributed by atoms with Gasteiger partial charge in [-0.1, -0.05) is 206 Å². The third-order valence-electron chi connectivity index (χ3n) is 9.24. The van der Waals surface area contributed by atoms with Gasteiger partial charge in [0.2, 0.25) is 0 Å². The first-order chi connectivity index (χ1) is 22.5. The van der Waals surface area contributed by atoms with Gasteiger partial charge in [-0.2, -0.15) is 0 Å². The Labute approximate surface area is 288 Å². The molecule has 0 rings (SSSR count). The molecule has 1 unspecified atom stereocenters. The molecule has 278 valence electrons. The van der Waals surface area contributed by atoms with Crippen LogP contribution in [0.15, 0.2) is 0 Å². The van der Waals surface area contributed by atoms with Crippen LogP contribution in [-0.2, 0) is 18.6 Å². The van der Waals surface area contributed by atoms with E-state index in [2.05, 4.69) is 13.8 Å². The van der Waals surface area contributed by atoms with Crippen molar-refractivity contribution < 1.29 is 23.5 Å². The first-order valence-corrected chi connectivity index (χ1v) is 22.1. The summed E-state index contributed by atoms with van der Waals surface area (Å²) >= 11 is 0. The molecule has 2 atom stereocenters. The Morgan fingerprint density at radius 1 is 0.457 bits per heavy atom. The molecule has 46 heavy (non-hydrogen) atoms. The zero-order valence-electron chi connectivity index (χ0n) is 31.1. The van der Waals surface area contributed by atoms with E-state index in [-0.39, 0.29) is 12.7 Å². The lowest BCUT2D eigenvalue weighted by Gasteiger charge is -2.19. The fourth-order valence-corrected chi connectivity index (χ4v) is 6.58. The van der Waals surface area contributed by atoms with Crippen molar-refractivity contribution in [3.63, 3.8) is 0 Å². The molecule has 6 nitrogen and oxygen atoms in total. The quantitative estimate of drug-likeness (QED) is 0.0496. The molecule has 0 aliphatic carbocycles. The van der Waals surface area contributed by atoms with Crippen molar-refractivity contribution in [2.24, 2.45) is 5.50 Å². The van der Waals surface area contributed by atoms with Crippen LogP contribution in [-0.4, -0.2) is 37.4 Å². The van der Waals surface area contributed by atoms with Crippen LogP contribution in [0.2, 0.25) is 0 Å². The number of rotatable bonds is 40. The second kappa shape index (κ2) is 37.8. The molecule has 0 amide bonds. The van der Waals surface area contributed by atoms with E-state index in [0.717, 1.165) is 19.3 Å². The van der Waals surface area contributed by atoms with Gasteiger partial charge in [-0.3, -0.25) is 4.52 Å². The van der Waals surface area contributed by atoms with E-state index in [0.29, 0.717) is 19.8 Å². The summed E-state index contributed by atoms with van der Waals surface area (Å²) in [6, 6.07) is 0. The molecule has 0 saturated carbocycles. The van der Waals surface area contributed by atoms with E-state index >= 15 is 0 Å². The third-order valence-corrected chi connectivity index (χ3v) is 9.76. The minimum Gasteiger partial charge on any atom is -0.379 e. The first-order valence-electron chi connectivity index (χ1n) is 20.4. The van der Waals surface area contributed by atoms with E-state index in [9.17, 15) is 9.46 Å². The molecule has 0 radical (unpaired) electrons. The molecular formula is C39H82NO5P. The van der Waals surface area contributed by atoms with Crippen molar-refractivity contribution >= 4 is 7.75 Å². The Kier molecular flexibility index (Phi) is 37.9. The largest absolute Gasteiger partial charge is 0.400 e. The Morgan fingerprint density at radius 2 is 0.739 bits per heavy atom. The molecule has 7 heteroatoms. The van der Waals surface area contributed by atoms with E-state index in [4.69, 9.17) is 19.5 Å². The normalized spacial score (nSPS) is 13.7. The zero-order chi connectivity index (χ0) is 33.7. The molecule has 0 saturated heterocycles. The molecule has 0 aliphatic heterocycles. The molecule has 0 spiro atoms. The predicted octanol–water partition coefficient (Wildman–Crippen LogP) is 13.0. The van der Waals surface area contributed by atoms with Crippen molar-refractivity contribution in [1.82, 2.24) is 0 Å². The van der Waals surface area contributed by atoms with Gasteiger partial charge in [0.1, 0.15) is 6.10 Å². The van der Waals surface area contributed by atoms with Crippen molar-refractivity contribution in [2.75, 3.05) is 26.4 Å². The van der Waals surface area contributed by atoms with Crippen molar-refractivity contribution in [1.29, 1.82) is 0 Å². The summed E-state index contributed by atoms with van der Waals surface area (Å²) in [5.74, 6) is 0. The number of ether oxygens (including phenoxy) is 2. The van der Waals surface area contributed by atoms with Gasteiger partial charge in [-0.05, 0) is 12.8 Å². The highest BCUT2D eigenvalue weighted by Crippen LogP contribution is 2.31. The maximum absolute atomic E-state index is 11.4. The topological polar surface area (TPSA) is 91.0 Å². The number of unbranched alkanes of at least 4 members (excludes halogenated alkanes) is 30. The van der Waals surface area contributed by atoms with Crippen LogP contribution in [0, 0.1) is 0 Å². The molecule has 0 bridgehead atoms. The molecule has 0 aromatic rings. The minimum absolute atomic E-state index is 0.0118. The minimum atomic E-state index is -4.01. The molecule has 0 aromatic carbocycles. The second-order valence-electron chi connectivity index (χ2n) is 14.0. The van der Waals surface area contributed by atoms with E-state index in [1.807, 2.05) is 0 Å². The first kappa shape index (κ1) is 46.0. The summed E-state index contributed by atoms with van der Waals surface area (Å²) in [4.78, 5) is 9.33. The lowest BCUT2D eigenvalue weighted by molar-refractivity contribution is -0.0403. The molecular weight excluding hydrogens is 593 g/mol. The van der Waals surface area contributed by atoms with Crippen molar-refractivity contribution in [3.05, 3.63) is 0 Å². The fourth-order valence-electron chi connectivity index (χ4n) is 6.20. The standard InChI is InChI=1S/C39H82NO5P/c1-3-5-7-9-11-13-15-17-19-21-23-25-27-29-31-33-35-43-37-39(38-45-46(40,41)42)44-36-34-32-30-28-26-24-22-20-18-16-14-12-10-8-6-4-2/h39H,3-38H2,1-2H3,(H3,40,41,42)/t39-/m0/s1. The molecule has 3 N–H and O–H groups in total. The third kappa shape index (κ3) is 40.2. The summed E-state index contributed by atoms with van der Waals surface area (Å²) in [6.07, 6.45) is 42.8. The number of hydrogen-bond acceptors (Lipinski definition) is 4. The van der Waals surface area contributed by atoms with Gasteiger partial charge in [0.25, 0.3) is 0 Å². The van der Waals surface area contributed by atoms with Crippen molar-refractivity contribution in [2.45, 2.75) is 225 Å². The smallest absolute Gasteiger partial charge is 0.379 e. The summed E-state index contributed by atoms with van der Waals surface area (Å²) in [6.45, 7) is 6.24. The maximum Gasteiger partial charge on any atom is 0.400 e. The van der Waals surface area contributed by atoms with Gasteiger partial charge >= 0.3 is 7.75 Å². The molecule has 0 fully saturated rings. The van der Waals surface area contributed by atoms with Gasteiger partial charge in [0.05, 0.1) is 13.2 Å². The summed E-state index contributed by atoms with van der Waals surface area (Å²) in [7, 11) is -4.01. The van der Waals surface area contributed by atoms with Crippen LogP contribution in [0.4, 0.5) is 0 Å². The zero-order valence-corrected chi connectivity index (χ0v) is 32.0. The Balaban J connectivity index is 3.62. The highest BCUT2D eigenvalue weighted by atomic mass is 31.2. The van der Waals surface area contributed by atoms with Crippen LogP contribution in [0.5, 0.6) is 0 Å². The summed E-state index contributed by atoms with van der Waals surface area (Å²) in [5, 5.41) is 0. The highest BCUT2D eigenvalue weighted by Gasteiger charge is 2.17. The number of nitrogens with two attached hydrogens (primary N) is 1. The van der Waals surface area contributed by atoms with Gasteiger partial charge < -0.3 is 14.4 Å². The van der Waals surface area contributed by atoms with Crippen LogP contribution in [0.1, 0.15) is 219 Å². The van der Waals surface area contributed by atoms with Crippen LogP contribution in [0.3, 0.4) is 0 Å². The van der Waals surface area contributed by atoms with Crippen molar-refractivity contribution in [3.8, 4) is 0 Å². The lowest BCUT2D eigenvalue weighted by atomic mass is 10.0. The second-order valence-corrected chi connectivity index (χ2v) is 15.4. The van der Waals surface area contributed by atoms with Gasteiger partial charge in [-0.25, -0.2) is 10.1 Å². The Morgan fingerprint density at radius 3 is 1.04 bits per heavy atom. The average molecular weight is 676 g/mol. The fraction of sp³-hybridized carbons (Fsp3) is 1.00. The van der Waals surface area contributed by atoms with Gasteiger partial charge in [0.15, 0.2) is 0 Å². The predicted molar refractivity (Wildman–Crippen MR) is 200 cm³/mol. The summed E-state index contributed by atoms with van der Waals surface area (Å²) < 4.78 is 28.2. The van der Waals surface area contributed by atoms with E-state index < -0.39 is 7.75 Å². The van der Waals surface area contributed by atoms with E-state index in [1.165, 1.54) is 186 Å². The molecule has 0 heterocycles. The Hall–Kier alpha value is 0.0300. The van der Waals surface area contributed by atoms with E-state index in [1.54, 1.807) is 0 Å². The van der Waals surface area contributed by atoms with Gasteiger partial charge in [0, 0.05) is 13.2 Å². The lowest BCUT2D eigenvalue weighted by Crippen LogP contribution is -2.26. The average Bonchev–Trinajstić information content (AvgIpc) is 3.03. The van der Waals surface area contributed by atoms with Crippen LogP contribution in [0.25, 0.3) is 0 Å². The SMILES string of the molecule is CCCCCCCCCCCCCCCCCCOC[C@@H](COP(N)(=O)O)OCCCCCCCCCCCCCCCCCC. The molecule has 0 aliphatic rings. The monoisotopic (exact) mass is 676 g/mol. The number of hydrogen-bond donors (Lipinski definition) is 2. The highest BCUT2D eigenvalue weighted by molar-refractivity contribution is 7.50. The van der Waals surface area contributed by atoms with Gasteiger partial charge in [-0.15, -0.1) is 0 Å². The Bertz CT molecular complexity index is 617. The molecule has 0 aromatic heterocycles. The maximum atomic E-state index is 11.4. The van der Waals surface area contributed by atoms with Crippen LogP contribution < -0.4 is 5.50 Å².